The van der Waals surface area contributed by atoms with E-state index in [0.29, 0.717) is 11.0 Å². The number of hydrogen-bond donors (Lipinski definition) is 1. The van der Waals surface area contributed by atoms with Crippen molar-refractivity contribution in [2.45, 2.75) is 13.1 Å². The maximum Gasteiger partial charge on any atom is 0.137 e. The molecule has 0 aliphatic rings. The molecule has 1 aromatic carbocycles. The molecule has 0 saturated heterocycles. The van der Waals surface area contributed by atoms with E-state index in [1.165, 1.54) is 11.6 Å². The summed E-state index contributed by atoms with van der Waals surface area (Å²) in [5.74, 6) is -0.217. The van der Waals surface area contributed by atoms with Crippen LogP contribution in [0.1, 0.15) is 11.1 Å². The maximum absolute atomic E-state index is 13.3. The van der Waals surface area contributed by atoms with Crippen LogP contribution in [-0.2, 0) is 13.1 Å². The van der Waals surface area contributed by atoms with Crippen LogP contribution in [0, 0.1) is 5.82 Å². The van der Waals surface area contributed by atoms with Gasteiger partial charge in [0, 0.05) is 25.5 Å². The average molecular weight is 297 g/mol. The fraction of sp³-hybridized carbons (Fsp3) is 0.231. The lowest BCUT2D eigenvalue weighted by atomic mass is 10.2. The molecule has 0 aliphatic carbocycles. The highest BCUT2D eigenvalue weighted by Gasteiger charge is 2.05. The third-order valence-corrected chi connectivity index (χ3v) is 3.47. The van der Waals surface area contributed by atoms with Gasteiger partial charge in [0.15, 0.2) is 0 Å². The zero-order chi connectivity index (χ0) is 12.3. The molecule has 0 bridgehead atoms. The van der Waals surface area contributed by atoms with Crippen LogP contribution in [0.2, 0.25) is 0 Å². The molecular weight excluding hydrogens is 283 g/mol. The molecule has 0 saturated carbocycles. The van der Waals surface area contributed by atoms with Crippen molar-refractivity contribution in [2.75, 3.05) is 7.05 Å². The van der Waals surface area contributed by atoms with E-state index in [4.69, 9.17) is 0 Å². The number of halogens is 2. The molecule has 1 N–H and O–H groups in total. The Kier molecular flexibility index (Phi) is 3.97. The van der Waals surface area contributed by atoms with Gasteiger partial charge in [0.1, 0.15) is 5.82 Å². The molecule has 2 rings (SSSR count). The highest BCUT2D eigenvalue weighted by Crippen LogP contribution is 2.21. The molecular formula is C13H14BrFN2. The van der Waals surface area contributed by atoms with E-state index in [2.05, 4.69) is 33.5 Å². The van der Waals surface area contributed by atoms with Gasteiger partial charge in [0.2, 0.25) is 0 Å². The van der Waals surface area contributed by atoms with Gasteiger partial charge in [-0.1, -0.05) is 12.1 Å². The fourth-order valence-electron chi connectivity index (χ4n) is 1.76. The van der Waals surface area contributed by atoms with Crippen molar-refractivity contribution in [3.05, 3.63) is 58.1 Å². The van der Waals surface area contributed by atoms with Gasteiger partial charge in [0.05, 0.1) is 4.47 Å². The van der Waals surface area contributed by atoms with Gasteiger partial charge in [-0.3, -0.25) is 0 Å². The Balaban J connectivity index is 2.16. The Hall–Kier alpha value is -1.13. The summed E-state index contributed by atoms with van der Waals surface area (Å²) in [7, 11) is 1.92. The predicted octanol–water partition coefficient (Wildman–Crippen LogP) is 3.16. The lowest BCUT2D eigenvalue weighted by molar-refractivity contribution is 0.616. The summed E-state index contributed by atoms with van der Waals surface area (Å²) in [6.45, 7) is 1.51. The Labute approximate surface area is 109 Å². The van der Waals surface area contributed by atoms with E-state index in [-0.39, 0.29) is 5.82 Å². The van der Waals surface area contributed by atoms with Crippen molar-refractivity contribution in [3.63, 3.8) is 0 Å². The molecule has 0 fully saturated rings. The average Bonchev–Trinajstić information content (AvgIpc) is 2.73. The third kappa shape index (κ3) is 2.96. The highest BCUT2D eigenvalue weighted by molar-refractivity contribution is 9.10. The lowest BCUT2D eigenvalue weighted by Crippen LogP contribution is -2.04. The molecule has 0 atom stereocenters. The number of nitrogens with zero attached hydrogens (tertiary/aromatic N) is 1. The van der Waals surface area contributed by atoms with Crippen molar-refractivity contribution < 1.29 is 4.39 Å². The van der Waals surface area contributed by atoms with E-state index in [9.17, 15) is 4.39 Å². The molecule has 1 heterocycles. The molecule has 17 heavy (non-hydrogen) atoms. The number of hydrogen-bond acceptors (Lipinski definition) is 1. The summed E-state index contributed by atoms with van der Waals surface area (Å²) in [6, 6.07) is 7.16. The van der Waals surface area contributed by atoms with Gasteiger partial charge in [0.25, 0.3) is 0 Å². The minimum absolute atomic E-state index is 0.217. The van der Waals surface area contributed by atoms with Crippen molar-refractivity contribution in [1.29, 1.82) is 0 Å². The highest BCUT2D eigenvalue weighted by atomic mass is 79.9. The van der Waals surface area contributed by atoms with Crippen LogP contribution < -0.4 is 5.32 Å². The van der Waals surface area contributed by atoms with Gasteiger partial charge in [-0.2, -0.15) is 0 Å². The summed E-state index contributed by atoms with van der Waals surface area (Å²) in [5, 5.41) is 3.10. The normalized spacial score (nSPS) is 10.8. The topological polar surface area (TPSA) is 17.0 Å². The minimum atomic E-state index is -0.217. The first-order chi connectivity index (χ1) is 8.20. The molecule has 4 heteroatoms. The molecule has 2 aromatic rings. The number of nitrogens with one attached hydrogen (secondary N) is 1. The minimum Gasteiger partial charge on any atom is -0.350 e. The summed E-state index contributed by atoms with van der Waals surface area (Å²) in [4.78, 5) is 0. The van der Waals surface area contributed by atoms with E-state index in [1.54, 1.807) is 6.07 Å². The maximum atomic E-state index is 13.3. The van der Waals surface area contributed by atoms with Crippen LogP contribution in [0.5, 0.6) is 0 Å². The van der Waals surface area contributed by atoms with Crippen LogP contribution in [0.15, 0.2) is 41.1 Å². The Morgan fingerprint density at radius 1 is 1.35 bits per heavy atom. The Morgan fingerprint density at radius 2 is 2.18 bits per heavy atom. The van der Waals surface area contributed by atoms with Crippen LogP contribution in [-0.4, -0.2) is 11.6 Å². The smallest absolute Gasteiger partial charge is 0.137 e. The lowest BCUT2D eigenvalue weighted by Gasteiger charge is -2.06. The summed E-state index contributed by atoms with van der Waals surface area (Å²) in [6.07, 6.45) is 4.07. The summed E-state index contributed by atoms with van der Waals surface area (Å²) in [5.41, 5.74) is 2.16. The third-order valence-electron chi connectivity index (χ3n) is 2.58. The van der Waals surface area contributed by atoms with E-state index in [0.717, 1.165) is 12.1 Å². The van der Waals surface area contributed by atoms with Gasteiger partial charge in [-0.15, -0.1) is 0 Å². The second-order valence-corrected chi connectivity index (χ2v) is 4.73. The van der Waals surface area contributed by atoms with Crippen LogP contribution in [0.25, 0.3) is 0 Å². The number of benzene rings is 1. The molecule has 0 spiro atoms. The Bertz CT molecular complexity index is 508. The second kappa shape index (κ2) is 5.47. The largest absolute Gasteiger partial charge is 0.350 e. The SMILES string of the molecule is CNCc1ccn(Cc2cccc(F)c2Br)c1. The van der Waals surface area contributed by atoms with Crippen molar-refractivity contribution in [3.8, 4) is 0 Å². The first-order valence-corrected chi connectivity index (χ1v) is 6.22. The molecule has 0 aliphatic heterocycles. The van der Waals surface area contributed by atoms with Crippen molar-refractivity contribution >= 4 is 15.9 Å². The van der Waals surface area contributed by atoms with E-state index in [1.807, 2.05) is 23.9 Å². The fourth-order valence-corrected chi connectivity index (χ4v) is 2.15. The van der Waals surface area contributed by atoms with Gasteiger partial charge >= 0.3 is 0 Å². The van der Waals surface area contributed by atoms with Crippen LogP contribution in [0.3, 0.4) is 0 Å². The van der Waals surface area contributed by atoms with Gasteiger partial charge in [-0.25, -0.2) is 4.39 Å². The second-order valence-electron chi connectivity index (χ2n) is 3.94. The summed E-state index contributed by atoms with van der Waals surface area (Å²) >= 11 is 3.27. The van der Waals surface area contributed by atoms with Crippen molar-refractivity contribution in [1.82, 2.24) is 9.88 Å². The molecule has 0 radical (unpaired) electrons. The zero-order valence-electron chi connectivity index (χ0n) is 9.58. The molecule has 2 nitrogen and oxygen atoms in total. The zero-order valence-corrected chi connectivity index (χ0v) is 11.2. The van der Waals surface area contributed by atoms with Gasteiger partial charge in [-0.05, 0) is 46.2 Å². The monoisotopic (exact) mass is 296 g/mol. The van der Waals surface area contributed by atoms with Gasteiger partial charge < -0.3 is 9.88 Å². The number of aromatic nitrogens is 1. The first-order valence-electron chi connectivity index (χ1n) is 5.43. The van der Waals surface area contributed by atoms with E-state index >= 15 is 0 Å². The predicted molar refractivity (Wildman–Crippen MR) is 70.4 cm³/mol. The molecule has 0 amide bonds. The standard InChI is InChI=1S/C13H14BrFN2/c1-16-7-10-5-6-17(8-10)9-11-3-2-4-12(15)13(11)14/h2-6,8,16H,7,9H2,1H3. The first kappa shape index (κ1) is 12.3. The molecule has 1 aromatic heterocycles. The Morgan fingerprint density at radius 3 is 2.94 bits per heavy atom. The quantitative estimate of drug-likeness (QED) is 0.917. The number of rotatable bonds is 4. The summed E-state index contributed by atoms with van der Waals surface area (Å²) < 4.78 is 15.9. The van der Waals surface area contributed by atoms with E-state index < -0.39 is 0 Å². The molecule has 0 unspecified atom stereocenters. The van der Waals surface area contributed by atoms with Crippen LogP contribution >= 0.6 is 15.9 Å². The van der Waals surface area contributed by atoms with Crippen LogP contribution in [0.4, 0.5) is 4.39 Å². The molecule has 90 valence electrons. The van der Waals surface area contributed by atoms with Crippen molar-refractivity contribution in [2.24, 2.45) is 0 Å².